The molecule has 0 spiro atoms. The molecule has 0 aromatic carbocycles. The summed E-state index contributed by atoms with van der Waals surface area (Å²) in [6.07, 6.45) is 11.8. The van der Waals surface area contributed by atoms with Crippen LogP contribution in [0.2, 0.25) is 0 Å². The van der Waals surface area contributed by atoms with E-state index in [1.54, 1.807) is 7.11 Å². The third-order valence-electron chi connectivity index (χ3n) is 4.80. The third kappa shape index (κ3) is 15.2. The van der Waals surface area contributed by atoms with Crippen molar-refractivity contribution in [2.45, 2.75) is 102 Å². The summed E-state index contributed by atoms with van der Waals surface area (Å²) in [6, 6.07) is 0. The number of ether oxygens (including phenoxy) is 2. The van der Waals surface area contributed by atoms with Gasteiger partial charge in [-0.3, -0.25) is 4.79 Å². The highest BCUT2D eigenvalue weighted by Gasteiger charge is 2.15. The molecule has 2 unspecified atom stereocenters. The maximum Gasteiger partial charge on any atom is 0.305 e. The van der Waals surface area contributed by atoms with Crippen molar-refractivity contribution in [2.24, 2.45) is 0 Å². The van der Waals surface area contributed by atoms with Crippen LogP contribution in [0.25, 0.3) is 0 Å². The van der Waals surface area contributed by atoms with Crippen molar-refractivity contribution in [1.82, 2.24) is 0 Å². The second-order valence-electron chi connectivity index (χ2n) is 7.07. The Balaban J connectivity index is 3.44. The van der Waals surface area contributed by atoms with E-state index in [1.165, 1.54) is 7.11 Å². The summed E-state index contributed by atoms with van der Waals surface area (Å²) in [5, 5.41) is 20.0. The van der Waals surface area contributed by atoms with Gasteiger partial charge < -0.3 is 19.7 Å². The SMILES string of the molecule is C=C(CCCCCCCC(O)C(O)CCCCCCCC(=O)OC)OC. The fraction of sp³-hybridized carbons (Fsp3) is 0.857. The Morgan fingerprint density at radius 3 is 1.62 bits per heavy atom. The minimum atomic E-state index is -0.616. The highest BCUT2D eigenvalue weighted by atomic mass is 16.5. The number of carbonyl (C=O) groups is 1. The average molecular weight is 373 g/mol. The van der Waals surface area contributed by atoms with Crippen LogP contribution in [-0.2, 0) is 14.3 Å². The molecular formula is C21H40O5. The standard InChI is InChI=1S/C21H40O5/c1-18(25-2)14-10-6-4-7-11-15-19(22)20(23)16-12-8-5-9-13-17-21(24)26-3/h19-20,22-23H,1,4-17H2,2-3H3. The van der Waals surface area contributed by atoms with E-state index in [1.807, 2.05) is 0 Å². The molecule has 26 heavy (non-hydrogen) atoms. The van der Waals surface area contributed by atoms with E-state index in [-0.39, 0.29) is 5.97 Å². The molecule has 154 valence electrons. The first-order valence-electron chi connectivity index (χ1n) is 10.2. The molecule has 0 aliphatic heterocycles. The molecule has 5 heteroatoms. The van der Waals surface area contributed by atoms with Crippen LogP contribution in [0.3, 0.4) is 0 Å². The van der Waals surface area contributed by atoms with Crippen LogP contribution in [-0.4, -0.2) is 42.6 Å². The lowest BCUT2D eigenvalue weighted by Gasteiger charge is -2.17. The van der Waals surface area contributed by atoms with Crippen molar-refractivity contribution in [3.05, 3.63) is 12.3 Å². The zero-order valence-electron chi connectivity index (χ0n) is 16.9. The van der Waals surface area contributed by atoms with Crippen molar-refractivity contribution in [1.29, 1.82) is 0 Å². The van der Waals surface area contributed by atoms with E-state index in [0.717, 1.165) is 76.4 Å². The number of aliphatic hydroxyl groups is 2. The number of esters is 1. The van der Waals surface area contributed by atoms with Gasteiger partial charge in [0.15, 0.2) is 0 Å². The quantitative estimate of drug-likeness (QED) is 0.210. The van der Waals surface area contributed by atoms with Gasteiger partial charge in [0, 0.05) is 12.8 Å². The summed E-state index contributed by atoms with van der Waals surface area (Å²) in [6.45, 7) is 3.80. The van der Waals surface area contributed by atoms with E-state index >= 15 is 0 Å². The van der Waals surface area contributed by atoms with Gasteiger partial charge in [0.2, 0.25) is 0 Å². The molecule has 2 atom stereocenters. The molecule has 5 nitrogen and oxygen atoms in total. The number of methoxy groups -OCH3 is 2. The lowest BCUT2D eigenvalue weighted by Crippen LogP contribution is -2.25. The number of carbonyl (C=O) groups excluding carboxylic acids is 1. The monoisotopic (exact) mass is 372 g/mol. The first kappa shape index (κ1) is 24.9. The summed E-state index contributed by atoms with van der Waals surface area (Å²) in [5.41, 5.74) is 0. The van der Waals surface area contributed by atoms with Gasteiger partial charge in [-0.15, -0.1) is 0 Å². The normalized spacial score (nSPS) is 13.2. The molecule has 0 saturated heterocycles. The summed E-state index contributed by atoms with van der Waals surface area (Å²) in [5.74, 6) is 0.691. The molecule has 0 aliphatic rings. The highest BCUT2D eigenvalue weighted by molar-refractivity contribution is 5.68. The smallest absolute Gasteiger partial charge is 0.305 e. The van der Waals surface area contributed by atoms with E-state index in [9.17, 15) is 15.0 Å². The number of hydrogen-bond acceptors (Lipinski definition) is 5. The predicted molar refractivity (Wildman–Crippen MR) is 105 cm³/mol. The second-order valence-corrected chi connectivity index (χ2v) is 7.07. The summed E-state index contributed by atoms with van der Waals surface area (Å²) < 4.78 is 9.64. The molecule has 0 aromatic rings. The summed E-state index contributed by atoms with van der Waals surface area (Å²) in [4.78, 5) is 11.0. The maximum atomic E-state index is 11.0. The molecule has 0 aromatic heterocycles. The molecule has 0 rings (SSSR count). The Hall–Kier alpha value is -1.07. The molecule has 0 amide bonds. The van der Waals surface area contributed by atoms with Crippen molar-refractivity contribution >= 4 is 5.97 Å². The minimum Gasteiger partial charge on any atom is -0.502 e. The molecule has 0 fully saturated rings. The maximum absolute atomic E-state index is 11.0. The van der Waals surface area contributed by atoms with Crippen molar-refractivity contribution in [2.75, 3.05) is 14.2 Å². The highest BCUT2D eigenvalue weighted by Crippen LogP contribution is 2.16. The Bertz CT molecular complexity index is 322. The minimum absolute atomic E-state index is 0.149. The van der Waals surface area contributed by atoms with Gasteiger partial charge in [0.1, 0.15) is 0 Å². The molecule has 0 bridgehead atoms. The van der Waals surface area contributed by atoms with Crippen LogP contribution in [0.4, 0.5) is 0 Å². The molecule has 2 N–H and O–H groups in total. The van der Waals surface area contributed by atoms with E-state index < -0.39 is 12.2 Å². The number of unbranched alkanes of at least 4 members (excludes halogenated alkanes) is 8. The zero-order valence-corrected chi connectivity index (χ0v) is 16.9. The summed E-state index contributed by atoms with van der Waals surface area (Å²) in [7, 11) is 3.07. The first-order chi connectivity index (χ1) is 12.5. The number of rotatable bonds is 18. The van der Waals surface area contributed by atoms with Crippen LogP contribution in [0.1, 0.15) is 89.9 Å². The van der Waals surface area contributed by atoms with Crippen LogP contribution in [0.5, 0.6) is 0 Å². The van der Waals surface area contributed by atoms with Crippen molar-refractivity contribution < 1.29 is 24.5 Å². The topological polar surface area (TPSA) is 76.0 Å². The number of hydrogen-bond donors (Lipinski definition) is 2. The van der Waals surface area contributed by atoms with E-state index in [2.05, 4.69) is 11.3 Å². The predicted octanol–water partition coefficient (Wildman–Crippen LogP) is 4.50. The fourth-order valence-electron chi connectivity index (χ4n) is 2.95. The Morgan fingerprint density at radius 1 is 0.731 bits per heavy atom. The van der Waals surface area contributed by atoms with Crippen LogP contribution < -0.4 is 0 Å². The Labute approximate surface area is 159 Å². The molecule has 0 aliphatic carbocycles. The van der Waals surface area contributed by atoms with Crippen LogP contribution >= 0.6 is 0 Å². The van der Waals surface area contributed by atoms with Gasteiger partial charge in [-0.1, -0.05) is 57.9 Å². The third-order valence-corrected chi connectivity index (χ3v) is 4.80. The van der Waals surface area contributed by atoms with Gasteiger partial charge >= 0.3 is 5.97 Å². The number of allylic oxidation sites excluding steroid dienone is 1. The van der Waals surface area contributed by atoms with Crippen LogP contribution in [0.15, 0.2) is 12.3 Å². The van der Waals surface area contributed by atoms with Gasteiger partial charge in [0.25, 0.3) is 0 Å². The summed E-state index contributed by atoms with van der Waals surface area (Å²) >= 11 is 0. The van der Waals surface area contributed by atoms with Gasteiger partial charge in [-0.2, -0.15) is 0 Å². The molecule has 0 saturated carbocycles. The van der Waals surface area contributed by atoms with Crippen LogP contribution in [0, 0.1) is 0 Å². The van der Waals surface area contributed by atoms with E-state index in [4.69, 9.17) is 4.74 Å². The lowest BCUT2D eigenvalue weighted by atomic mass is 9.99. The molecule has 0 radical (unpaired) electrons. The first-order valence-corrected chi connectivity index (χ1v) is 10.2. The Kier molecular flexibility index (Phi) is 16.6. The number of aliphatic hydroxyl groups excluding tert-OH is 2. The van der Waals surface area contributed by atoms with Crippen molar-refractivity contribution in [3.8, 4) is 0 Å². The van der Waals surface area contributed by atoms with Crippen molar-refractivity contribution in [3.63, 3.8) is 0 Å². The van der Waals surface area contributed by atoms with E-state index in [0.29, 0.717) is 19.3 Å². The molecular weight excluding hydrogens is 332 g/mol. The second kappa shape index (κ2) is 17.3. The fourth-order valence-corrected chi connectivity index (χ4v) is 2.95. The zero-order chi connectivity index (χ0) is 19.6. The Morgan fingerprint density at radius 2 is 1.15 bits per heavy atom. The average Bonchev–Trinajstić information content (AvgIpc) is 2.65. The largest absolute Gasteiger partial charge is 0.502 e. The lowest BCUT2D eigenvalue weighted by molar-refractivity contribution is -0.140. The molecule has 0 heterocycles. The van der Waals surface area contributed by atoms with Gasteiger partial charge in [-0.25, -0.2) is 0 Å². The van der Waals surface area contributed by atoms with Gasteiger partial charge in [-0.05, 0) is 25.7 Å². The van der Waals surface area contributed by atoms with Gasteiger partial charge in [0.05, 0.1) is 32.2 Å².